The van der Waals surface area contributed by atoms with Gasteiger partial charge in [-0.05, 0) is 37.3 Å². The van der Waals surface area contributed by atoms with Gasteiger partial charge in [-0.1, -0.05) is 45.2 Å². The second-order valence-corrected chi connectivity index (χ2v) is 7.12. The minimum Gasteiger partial charge on any atom is -0.477 e. The van der Waals surface area contributed by atoms with Crippen LogP contribution in [0, 0.1) is 0 Å². The van der Waals surface area contributed by atoms with Gasteiger partial charge >= 0.3 is 5.97 Å². The topological polar surface area (TPSA) is 59.3 Å². The van der Waals surface area contributed by atoms with Crippen molar-refractivity contribution >= 4 is 56.0 Å². The van der Waals surface area contributed by atoms with E-state index in [2.05, 4.69) is 15.9 Å². The molecule has 1 heterocycles. The van der Waals surface area contributed by atoms with Gasteiger partial charge in [0.05, 0.1) is 21.3 Å². The fourth-order valence-corrected chi connectivity index (χ4v) is 3.55. The van der Waals surface area contributed by atoms with E-state index in [1.165, 1.54) is 0 Å². The number of nitrogens with zero attached hydrogens (tertiary/aromatic N) is 1. The number of hydrogen-bond acceptors (Lipinski definition) is 2. The Morgan fingerprint density at radius 1 is 1.16 bits per heavy atom. The van der Waals surface area contributed by atoms with Crippen LogP contribution in [-0.2, 0) is 6.54 Å². The van der Waals surface area contributed by atoms with Crippen LogP contribution in [0.5, 0.6) is 0 Å². The minimum atomic E-state index is -1.28. The van der Waals surface area contributed by atoms with Gasteiger partial charge in [0.2, 0.25) is 5.43 Å². The number of hydrogen-bond donors (Lipinski definition) is 1. The van der Waals surface area contributed by atoms with Gasteiger partial charge in [0.25, 0.3) is 0 Å². The summed E-state index contributed by atoms with van der Waals surface area (Å²) in [6.07, 6.45) is 0. The van der Waals surface area contributed by atoms with Crippen LogP contribution in [0.1, 0.15) is 17.3 Å². The number of aromatic nitrogens is 1. The first-order valence-electron chi connectivity index (χ1n) is 7.40. The molecule has 3 rings (SSSR count). The fourth-order valence-electron chi connectivity index (χ4n) is 2.89. The first-order valence-corrected chi connectivity index (χ1v) is 8.94. The van der Waals surface area contributed by atoms with E-state index in [1.807, 2.05) is 13.0 Å². The molecule has 1 N–H and O–H groups in total. The summed E-state index contributed by atoms with van der Waals surface area (Å²) in [5.41, 5.74) is 0.672. The van der Waals surface area contributed by atoms with Crippen molar-refractivity contribution in [3.8, 4) is 11.3 Å². The molecule has 0 fully saturated rings. The maximum Gasteiger partial charge on any atom is 0.341 e. The van der Waals surface area contributed by atoms with Crippen LogP contribution in [-0.4, -0.2) is 15.6 Å². The third kappa shape index (κ3) is 3.08. The smallest absolute Gasteiger partial charge is 0.341 e. The van der Waals surface area contributed by atoms with Crippen molar-refractivity contribution in [1.82, 2.24) is 4.57 Å². The summed E-state index contributed by atoms with van der Waals surface area (Å²) in [7, 11) is 0. The maximum absolute atomic E-state index is 12.9. The molecular weight excluding hydrogens is 429 g/mol. The Hall–Kier alpha value is -1.82. The van der Waals surface area contributed by atoms with Crippen molar-refractivity contribution in [2.24, 2.45) is 0 Å². The van der Waals surface area contributed by atoms with E-state index in [-0.39, 0.29) is 5.56 Å². The average Bonchev–Trinajstić information content (AvgIpc) is 2.57. The molecule has 4 nitrogen and oxygen atoms in total. The first-order chi connectivity index (χ1) is 11.8. The number of pyridine rings is 1. The van der Waals surface area contributed by atoms with E-state index in [0.29, 0.717) is 43.2 Å². The molecule has 0 saturated heterocycles. The number of rotatable bonds is 3. The molecule has 25 heavy (non-hydrogen) atoms. The number of aromatic carboxylic acids is 1. The van der Waals surface area contributed by atoms with Gasteiger partial charge in [0, 0.05) is 22.0 Å². The zero-order valence-corrected chi connectivity index (χ0v) is 16.1. The predicted octanol–water partition coefficient (Wildman–Crippen LogP) is 5.46. The van der Waals surface area contributed by atoms with Crippen LogP contribution in [0.4, 0.5) is 0 Å². The summed E-state index contributed by atoms with van der Waals surface area (Å²) in [4.78, 5) is 24.7. The maximum atomic E-state index is 12.9. The van der Waals surface area contributed by atoms with E-state index < -0.39 is 11.4 Å². The second-order valence-electron chi connectivity index (χ2n) is 5.39. The zero-order valence-electron chi connectivity index (χ0n) is 13.0. The second kappa shape index (κ2) is 6.83. The molecular formula is C18H12BrCl2NO3. The largest absolute Gasteiger partial charge is 0.477 e. The third-order valence-corrected chi connectivity index (χ3v) is 5.18. The van der Waals surface area contributed by atoms with Gasteiger partial charge in [-0.15, -0.1) is 0 Å². The van der Waals surface area contributed by atoms with Crippen molar-refractivity contribution in [2.75, 3.05) is 0 Å². The van der Waals surface area contributed by atoms with Crippen LogP contribution in [0.2, 0.25) is 10.0 Å². The third-order valence-electron chi connectivity index (χ3n) is 3.95. The highest BCUT2D eigenvalue weighted by atomic mass is 79.9. The molecule has 0 aliphatic carbocycles. The number of fused-ring (bicyclic) bond motifs is 1. The molecule has 0 saturated carbocycles. The van der Waals surface area contributed by atoms with E-state index in [4.69, 9.17) is 23.2 Å². The van der Waals surface area contributed by atoms with Gasteiger partial charge in [-0.2, -0.15) is 0 Å². The predicted molar refractivity (Wildman–Crippen MR) is 104 cm³/mol. The molecule has 2 aromatic carbocycles. The van der Waals surface area contributed by atoms with Crippen LogP contribution in [0.25, 0.3) is 22.2 Å². The quantitative estimate of drug-likeness (QED) is 0.588. The first kappa shape index (κ1) is 18.0. The highest BCUT2D eigenvalue weighted by Gasteiger charge is 2.23. The van der Waals surface area contributed by atoms with Crippen molar-refractivity contribution in [3.63, 3.8) is 0 Å². The van der Waals surface area contributed by atoms with Crippen molar-refractivity contribution in [2.45, 2.75) is 13.5 Å². The molecule has 0 spiro atoms. The molecule has 0 bridgehead atoms. The number of carbonyl (C=O) groups is 1. The van der Waals surface area contributed by atoms with Gasteiger partial charge < -0.3 is 9.67 Å². The Labute approximate surface area is 161 Å². The van der Waals surface area contributed by atoms with E-state index in [0.717, 1.165) is 0 Å². The van der Waals surface area contributed by atoms with Crippen molar-refractivity contribution in [3.05, 3.63) is 66.7 Å². The van der Waals surface area contributed by atoms with Gasteiger partial charge in [-0.3, -0.25) is 4.79 Å². The summed E-state index contributed by atoms with van der Waals surface area (Å²) in [6, 6.07) is 10.0. The van der Waals surface area contributed by atoms with E-state index in [9.17, 15) is 14.7 Å². The molecule has 1 aromatic heterocycles. The Balaban J connectivity index is 2.54. The lowest BCUT2D eigenvalue weighted by atomic mass is 10.0. The highest BCUT2D eigenvalue weighted by molar-refractivity contribution is 9.10. The van der Waals surface area contributed by atoms with Crippen LogP contribution in [0.3, 0.4) is 0 Å². The van der Waals surface area contributed by atoms with Gasteiger partial charge in [0.15, 0.2) is 0 Å². The standard InChI is InChI=1S/C18H12BrCl2NO3/c1-2-22-14-6-4-10(19)8-11(14)17(23)15(18(24)25)16(22)9-3-5-12(20)13(21)7-9/h3-8H,2H2,1H3,(H,24,25). The zero-order chi connectivity index (χ0) is 18.3. The van der Waals surface area contributed by atoms with Crippen molar-refractivity contribution < 1.29 is 9.90 Å². The highest BCUT2D eigenvalue weighted by Crippen LogP contribution is 2.32. The minimum absolute atomic E-state index is 0.286. The summed E-state index contributed by atoms with van der Waals surface area (Å²) >= 11 is 15.4. The molecule has 3 aromatic rings. The summed E-state index contributed by atoms with van der Waals surface area (Å²) in [5, 5.41) is 10.7. The van der Waals surface area contributed by atoms with Gasteiger partial charge in [0.1, 0.15) is 5.56 Å². The Kier molecular flexibility index (Phi) is 4.91. The fraction of sp³-hybridized carbons (Fsp3) is 0.111. The van der Waals surface area contributed by atoms with Gasteiger partial charge in [-0.25, -0.2) is 4.79 Å². The lowest BCUT2D eigenvalue weighted by Crippen LogP contribution is -2.22. The number of halogens is 3. The molecule has 0 aliphatic heterocycles. The normalized spacial score (nSPS) is 11.0. The van der Waals surface area contributed by atoms with Crippen LogP contribution in [0.15, 0.2) is 45.7 Å². The monoisotopic (exact) mass is 439 g/mol. The molecule has 7 heteroatoms. The Bertz CT molecular complexity index is 1080. The number of benzene rings is 2. The van der Waals surface area contributed by atoms with E-state index >= 15 is 0 Å². The number of carboxylic acids is 1. The van der Waals surface area contributed by atoms with Crippen LogP contribution >= 0.6 is 39.1 Å². The number of aryl methyl sites for hydroxylation is 1. The summed E-state index contributed by atoms with van der Waals surface area (Å²) in [6.45, 7) is 2.37. The Morgan fingerprint density at radius 2 is 1.88 bits per heavy atom. The lowest BCUT2D eigenvalue weighted by Gasteiger charge is -2.18. The van der Waals surface area contributed by atoms with Crippen molar-refractivity contribution in [1.29, 1.82) is 0 Å². The number of carboxylic acid groups (broad SMARTS) is 1. The molecule has 0 amide bonds. The summed E-state index contributed by atoms with van der Waals surface area (Å²) in [5.74, 6) is -1.28. The SMILES string of the molecule is CCn1c(-c2ccc(Cl)c(Cl)c2)c(C(=O)O)c(=O)c2cc(Br)ccc21. The summed E-state index contributed by atoms with van der Waals surface area (Å²) < 4.78 is 2.50. The van der Waals surface area contributed by atoms with Crippen LogP contribution < -0.4 is 5.43 Å². The lowest BCUT2D eigenvalue weighted by molar-refractivity contribution is 0.0696. The molecule has 0 aliphatic rings. The molecule has 128 valence electrons. The molecule has 0 radical (unpaired) electrons. The van der Waals surface area contributed by atoms with E-state index in [1.54, 1.807) is 34.9 Å². The molecule has 0 atom stereocenters. The molecule has 0 unspecified atom stereocenters. The average molecular weight is 441 g/mol. The Morgan fingerprint density at radius 3 is 2.48 bits per heavy atom.